The molecule has 0 atom stereocenters. The predicted molar refractivity (Wildman–Crippen MR) is 62.9 cm³/mol. The summed E-state index contributed by atoms with van der Waals surface area (Å²) in [5, 5.41) is 13.5. The number of aliphatic hydroxyl groups is 1. The summed E-state index contributed by atoms with van der Waals surface area (Å²) in [7, 11) is 1.87. The largest absolute Gasteiger partial charge is 0.451 e. The third-order valence-electron chi connectivity index (χ3n) is 2.70. The van der Waals surface area contributed by atoms with Crippen LogP contribution in [-0.4, -0.2) is 19.9 Å². The summed E-state index contributed by atoms with van der Waals surface area (Å²) in [6.07, 6.45) is 3.22. The molecule has 0 spiro atoms. The van der Waals surface area contributed by atoms with Gasteiger partial charge in [0.1, 0.15) is 5.69 Å². The van der Waals surface area contributed by atoms with E-state index in [4.69, 9.17) is 4.74 Å². The molecule has 0 aliphatic rings. The number of aryl methyl sites for hydroxylation is 2. The van der Waals surface area contributed by atoms with E-state index >= 15 is 0 Å². The third-order valence-corrected chi connectivity index (χ3v) is 2.70. The van der Waals surface area contributed by atoms with Gasteiger partial charge in [-0.3, -0.25) is 9.67 Å². The van der Waals surface area contributed by atoms with E-state index < -0.39 is 0 Å². The zero-order valence-electron chi connectivity index (χ0n) is 10.1. The van der Waals surface area contributed by atoms with Gasteiger partial charge in [-0.2, -0.15) is 5.10 Å². The molecule has 2 aromatic heterocycles. The first-order valence-corrected chi connectivity index (χ1v) is 5.35. The first-order chi connectivity index (χ1) is 8.13. The molecule has 2 heterocycles. The number of aliphatic hydroxyl groups excluding tert-OH is 1. The average Bonchev–Trinajstić information content (AvgIpc) is 2.57. The molecule has 90 valence electrons. The second-order valence-corrected chi connectivity index (χ2v) is 3.87. The lowest BCUT2D eigenvalue weighted by molar-refractivity contribution is 0.276. The molecule has 1 N–H and O–H groups in total. The molecule has 0 radical (unpaired) electrons. The first kappa shape index (κ1) is 11.6. The molecule has 0 bridgehead atoms. The van der Waals surface area contributed by atoms with Crippen LogP contribution in [0.3, 0.4) is 0 Å². The van der Waals surface area contributed by atoms with E-state index in [1.807, 2.05) is 20.9 Å². The maximum Gasteiger partial charge on any atom is 0.171 e. The summed E-state index contributed by atoms with van der Waals surface area (Å²) in [6, 6.07) is 1.73. The Morgan fingerprint density at radius 1 is 1.41 bits per heavy atom. The fraction of sp³-hybridized carbons (Fsp3) is 0.333. The quantitative estimate of drug-likeness (QED) is 0.876. The van der Waals surface area contributed by atoms with Crippen LogP contribution >= 0.6 is 0 Å². The molecule has 0 unspecified atom stereocenters. The molecule has 0 saturated carbocycles. The van der Waals surface area contributed by atoms with E-state index in [1.165, 1.54) is 0 Å². The lowest BCUT2D eigenvalue weighted by atomic mass is 10.2. The van der Waals surface area contributed by atoms with Crippen molar-refractivity contribution < 1.29 is 9.84 Å². The maximum absolute atomic E-state index is 9.21. The Labute approximate surface area is 99.7 Å². The van der Waals surface area contributed by atoms with Gasteiger partial charge >= 0.3 is 0 Å². The Hall–Kier alpha value is -1.88. The van der Waals surface area contributed by atoms with Crippen LogP contribution in [0.5, 0.6) is 11.5 Å². The van der Waals surface area contributed by atoms with Crippen molar-refractivity contribution in [2.45, 2.75) is 20.5 Å². The molecule has 0 aliphatic carbocycles. The van der Waals surface area contributed by atoms with Gasteiger partial charge in [0.25, 0.3) is 0 Å². The van der Waals surface area contributed by atoms with E-state index in [0.29, 0.717) is 11.3 Å². The molecule has 0 saturated heterocycles. The van der Waals surface area contributed by atoms with E-state index in [9.17, 15) is 5.11 Å². The highest BCUT2D eigenvalue weighted by Crippen LogP contribution is 2.29. The van der Waals surface area contributed by atoms with E-state index in [0.717, 1.165) is 17.1 Å². The second kappa shape index (κ2) is 4.55. The van der Waals surface area contributed by atoms with Crippen molar-refractivity contribution >= 4 is 0 Å². The minimum Gasteiger partial charge on any atom is -0.451 e. The minimum absolute atomic E-state index is 0.0732. The molecule has 5 heteroatoms. The maximum atomic E-state index is 9.21. The van der Waals surface area contributed by atoms with Crippen molar-refractivity contribution in [1.82, 2.24) is 14.8 Å². The molecule has 5 nitrogen and oxygen atoms in total. The highest BCUT2D eigenvalue weighted by Gasteiger charge is 2.13. The van der Waals surface area contributed by atoms with Crippen LogP contribution in [0.1, 0.15) is 17.0 Å². The predicted octanol–water partition coefficient (Wildman–Crippen LogP) is 1.72. The molecular weight excluding hydrogens is 218 g/mol. The molecule has 0 fully saturated rings. The summed E-state index contributed by atoms with van der Waals surface area (Å²) in [5.74, 6) is 1.28. The standard InChI is InChI=1S/C12H15N3O2/c1-8-12(9(2)15(3)14-8)17-11-6-13-5-4-10(11)7-16/h4-6,16H,7H2,1-3H3. The smallest absolute Gasteiger partial charge is 0.171 e. The second-order valence-electron chi connectivity index (χ2n) is 3.87. The van der Waals surface area contributed by atoms with Crippen molar-refractivity contribution in [3.05, 3.63) is 35.4 Å². The highest BCUT2D eigenvalue weighted by atomic mass is 16.5. The average molecular weight is 233 g/mol. The normalized spacial score (nSPS) is 10.6. The van der Waals surface area contributed by atoms with Gasteiger partial charge in [-0.05, 0) is 19.9 Å². The van der Waals surface area contributed by atoms with Crippen LogP contribution in [0.4, 0.5) is 0 Å². The van der Waals surface area contributed by atoms with Gasteiger partial charge in [0.2, 0.25) is 0 Å². The van der Waals surface area contributed by atoms with Crippen LogP contribution in [0.25, 0.3) is 0 Å². The van der Waals surface area contributed by atoms with E-state index in [-0.39, 0.29) is 6.61 Å². The molecule has 0 aromatic carbocycles. The van der Waals surface area contributed by atoms with Crippen molar-refractivity contribution in [2.24, 2.45) is 7.05 Å². The fourth-order valence-electron chi connectivity index (χ4n) is 1.64. The highest BCUT2D eigenvalue weighted by molar-refractivity contribution is 5.39. The number of hydrogen-bond acceptors (Lipinski definition) is 4. The van der Waals surface area contributed by atoms with Gasteiger partial charge in [-0.25, -0.2) is 0 Å². The number of pyridine rings is 1. The van der Waals surface area contributed by atoms with Gasteiger partial charge in [0.15, 0.2) is 11.5 Å². The Bertz CT molecular complexity index is 535. The van der Waals surface area contributed by atoms with Gasteiger partial charge < -0.3 is 9.84 Å². The first-order valence-electron chi connectivity index (χ1n) is 5.35. The monoisotopic (exact) mass is 233 g/mol. The Kier molecular flexibility index (Phi) is 3.10. The third kappa shape index (κ3) is 2.14. The number of nitrogens with zero attached hydrogens (tertiary/aromatic N) is 3. The zero-order valence-corrected chi connectivity index (χ0v) is 10.1. The van der Waals surface area contributed by atoms with Crippen molar-refractivity contribution in [3.8, 4) is 11.5 Å². The molecule has 2 aromatic rings. The van der Waals surface area contributed by atoms with Crippen molar-refractivity contribution in [3.63, 3.8) is 0 Å². The lowest BCUT2D eigenvalue weighted by Crippen LogP contribution is -1.95. The molecule has 0 aliphatic heterocycles. The van der Waals surface area contributed by atoms with Crippen LogP contribution in [0.2, 0.25) is 0 Å². The zero-order chi connectivity index (χ0) is 12.4. The summed E-state index contributed by atoms with van der Waals surface area (Å²) in [6.45, 7) is 3.75. The summed E-state index contributed by atoms with van der Waals surface area (Å²) >= 11 is 0. The topological polar surface area (TPSA) is 60.2 Å². The molecule has 0 amide bonds. The number of aromatic nitrogens is 3. The van der Waals surface area contributed by atoms with E-state index in [1.54, 1.807) is 23.1 Å². The number of hydrogen-bond donors (Lipinski definition) is 1. The Balaban J connectivity index is 2.38. The van der Waals surface area contributed by atoms with E-state index in [2.05, 4.69) is 10.1 Å². The van der Waals surface area contributed by atoms with Crippen LogP contribution in [0, 0.1) is 13.8 Å². The molecular formula is C12H15N3O2. The summed E-state index contributed by atoms with van der Waals surface area (Å²) < 4.78 is 7.54. The van der Waals surface area contributed by atoms with Crippen LogP contribution in [-0.2, 0) is 13.7 Å². The number of ether oxygens (including phenoxy) is 1. The molecule has 17 heavy (non-hydrogen) atoms. The van der Waals surface area contributed by atoms with Gasteiger partial charge in [-0.1, -0.05) is 0 Å². The number of rotatable bonds is 3. The minimum atomic E-state index is -0.0732. The summed E-state index contributed by atoms with van der Waals surface area (Å²) in [5.41, 5.74) is 2.47. The fourth-order valence-corrected chi connectivity index (χ4v) is 1.64. The van der Waals surface area contributed by atoms with Crippen LogP contribution in [0.15, 0.2) is 18.5 Å². The van der Waals surface area contributed by atoms with Gasteiger partial charge in [0.05, 0.1) is 18.5 Å². The SMILES string of the molecule is Cc1nn(C)c(C)c1Oc1cnccc1CO. The van der Waals surface area contributed by atoms with Crippen LogP contribution < -0.4 is 4.74 Å². The molecule has 2 rings (SSSR count). The Morgan fingerprint density at radius 3 is 2.76 bits per heavy atom. The van der Waals surface area contributed by atoms with Gasteiger partial charge in [0, 0.05) is 18.8 Å². The van der Waals surface area contributed by atoms with Gasteiger partial charge in [-0.15, -0.1) is 0 Å². The van der Waals surface area contributed by atoms with Crippen molar-refractivity contribution in [1.29, 1.82) is 0 Å². The lowest BCUT2D eigenvalue weighted by Gasteiger charge is -2.08. The summed E-state index contributed by atoms with van der Waals surface area (Å²) in [4.78, 5) is 3.99. The Morgan fingerprint density at radius 2 is 2.18 bits per heavy atom. The van der Waals surface area contributed by atoms with Crippen molar-refractivity contribution in [2.75, 3.05) is 0 Å².